The van der Waals surface area contributed by atoms with Gasteiger partial charge in [-0.1, -0.05) is 48.3 Å². The summed E-state index contributed by atoms with van der Waals surface area (Å²) in [6.07, 6.45) is 7.80. The van der Waals surface area contributed by atoms with E-state index in [4.69, 9.17) is 10.3 Å². The summed E-state index contributed by atoms with van der Waals surface area (Å²) in [5.74, 6) is 0.858. The van der Waals surface area contributed by atoms with E-state index in [9.17, 15) is 0 Å². The molecule has 0 amide bonds. The molecule has 0 bridgehead atoms. The molecule has 24 heavy (non-hydrogen) atoms. The van der Waals surface area contributed by atoms with Crippen LogP contribution in [0.15, 0.2) is 40.9 Å². The maximum Gasteiger partial charge on any atom is 0.167 e. The summed E-state index contributed by atoms with van der Waals surface area (Å²) in [6, 6.07) is 12.9. The van der Waals surface area contributed by atoms with Gasteiger partial charge in [0.2, 0.25) is 0 Å². The van der Waals surface area contributed by atoms with E-state index in [1.807, 2.05) is 18.2 Å². The number of likely N-dealkylation sites (tertiary alicyclic amines) is 1. The van der Waals surface area contributed by atoms with E-state index in [0.717, 1.165) is 36.7 Å². The molecule has 1 saturated heterocycles. The molecule has 2 N–H and O–H groups in total. The Bertz CT molecular complexity index is 657. The molecule has 4 nitrogen and oxygen atoms in total. The third-order valence-electron chi connectivity index (χ3n) is 6.06. The predicted molar refractivity (Wildman–Crippen MR) is 95.3 cm³/mol. The first-order valence-electron chi connectivity index (χ1n) is 9.26. The van der Waals surface area contributed by atoms with Crippen molar-refractivity contribution >= 4 is 0 Å². The molecule has 1 unspecified atom stereocenters. The molecular weight excluding hydrogens is 298 g/mol. The number of hydrogen-bond donors (Lipinski definition) is 1. The summed E-state index contributed by atoms with van der Waals surface area (Å²) in [5.41, 5.74) is 8.65. The molecule has 2 aliphatic rings. The van der Waals surface area contributed by atoms with Crippen LogP contribution >= 0.6 is 0 Å². The van der Waals surface area contributed by atoms with Gasteiger partial charge in [0.25, 0.3) is 0 Å². The van der Waals surface area contributed by atoms with Crippen molar-refractivity contribution in [1.29, 1.82) is 0 Å². The van der Waals surface area contributed by atoms with Gasteiger partial charge in [0.05, 0.1) is 5.69 Å². The summed E-state index contributed by atoms with van der Waals surface area (Å²) < 4.78 is 5.58. The number of piperidine rings is 1. The van der Waals surface area contributed by atoms with E-state index in [2.05, 4.69) is 28.3 Å². The lowest BCUT2D eigenvalue weighted by Gasteiger charge is -2.53. The molecular formula is C20H27N3O. The van der Waals surface area contributed by atoms with E-state index < -0.39 is 0 Å². The lowest BCUT2D eigenvalue weighted by molar-refractivity contribution is -0.0214. The molecule has 1 aromatic heterocycles. The predicted octanol–water partition coefficient (Wildman–Crippen LogP) is 3.83. The Morgan fingerprint density at radius 2 is 2.00 bits per heavy atom. The van der Waals surface area contributed by atoms with Crippen LogP contribution in [-0.2, 0) is 6.54 Å². The Morgan fingerprint density at radius 3 is 2.71 bits per heavy atom. The lowest BCUT2D eigenvalue weighted by atomic mass is 9.62. The standard InChI is InChI=1S/C20H27N3O/c21-15-20(10-6-11-20)19-9-4-5-12-23(19)14-17-13-18(24-22-17)16-7-2-1-3-8-16/h1-3,7-8,13,19H,4-6,9-12,14-15,21H2. The van der Waals surface area contributed by atoms with Crippen molar-refractivity contribution in [2.75, 3.05) is 13.1 Å². The van der Waals surface area contributed by atoms with Gasteiger partial charge in [-0.25, -0.2) is 0 Å². The second kappa shape index (κ2) is 6.69. The van der Waals surface area contributed by atoms with Crippen molar-refractivity contribution in [3.05, 3.63) is 42.1 Å². The quantitative estimate of drug-likeness (QED) is 0.908. The Balaban J connectivity index is 1.50. The van der Waals surface area contributed by atoms with Crippen LogP contribution in [0, 0.1) is 5.41 Å². The molecule has 128 valence electrons. The zero-order valence-corrected chi connectivity index (χ0v) is 14.3. The average Bonchev–Trinajstić information content (AvgIpc) is 3.05. The first-order valence-corrected chi connectivity index (χ1v) is 9.26. The van der Waals surface area contributed by atoms with Crippen LogP contribution in [0.3, 0.4) is 0 Å². The van der Waals surface area contributed by atoms with Crippen molar-refractivity contribution in [3.63, 3.8) is 0 Å². The molecule has 4 rings (SSSR count). The summed E-state index contributed by atoms with van der Waals surface area (Å²) in [6.45, 7) is 2.85. The van der Waals surface area contributed by atoms with Crippen LogP contribution in [0.25, 0.3) is 11.3 Å². The van der Waals surface area contributed by atoms with Crippen LogP contribution in [0.2, 0.25) is 0 Å². The highest BCUT2D eigenvalue weighted by Gasteiger charge is 2.46. The molecule has 1 aliphatic carbocycles. The molecule has 2 fully saturated rings. The fourth-order valence-corrected chi connectivity index (χ4v) is 4.51. The van der Waals surface area contributed by atoms with E-state index in [-0.39, 0.29) is 0 Å². The van der Waals surface area contributed by atoms with Gasteiger partial charge in [-0.2, -0.15) is 0 Å². The minimum atomic E-state index is 0.354. The summed E-state index contributed by atoms with van der Waals surface area (Å²) >= 11 is 0. The Morgan fingerprint density at radius 1 is 1.17 bits per heavy atom. The van der Waals surface area contributed by atoms with Crippen LogP contribution in [0.1, 0.15) is 44.2 Å². The first kappa shape index (κ1) is 15.9. The summed E-state index contributed by atoms with van der Waals surface area (Å²) in [5, 5.41) is 4.32. The van der Waals surface area contributed by atoms with Crippen molar-refractivity contribution in [3.8, 4) is 11.3 Å². The fraction of sp³-hybridized carbons (Fsp3) is 0.550. The Hall–Kier alpha value is -1.65. The van der Waals surface area contributed by atoms with E-state index >= 15 is 0 Å². The highest BCUT2D eigenvalue weighted by Crippen LogP contribution is 2.47. The van der Waals surface area contributed by atoms with Crippen LogP contribution in [0.4, 0.5) is 0 Å². The Kier molecular flexibility index (Phi) is 4.42. The third kappa shape index (κ3) is 2.89. The summed E-state index contributed by atoms with van der Waals surface area (Å²) in [7, 11) is 0. The molecule has 1 aromatic carbocycles. The molecule has 4 heteroatoms. The van der Waals surface area contributed by atoms with Crippen molar-refractivity contribution in [1.82, 2.24) is 10.1 Å². The van der Waals surface area contributed by atoms with Crippen LogP contribution < -0.4 is 5.73 Å². The van der Waals surface area contributed by atoms with E-state index in [1.165, 1.54) is 38.5 Å². The van der Waals surface area contributed by atoms with Gasteiger partial charge in [0, 0.05) is 24.2 Å². The van der Waals surface area contributed by atoms with Gasteiger partial charge in [0.15, 0.2) is 5.76 Å². The number of aromatic nitrogens is 1. The van der Waals surface area contributed by atoms with Crippen molar-refractivity contribution in [2.45, 2.75) is 51.1 Å². The van der Waals surface area contributed by atoms with Gasteiger partial charge in [-0.3, -0.25) is 4.90 Å². The molecule has 1 atom stereocenters. The summed E-state index contributed by atoms with van der Waals surface area (Å²) in [4.78, 5) is 2.61. The zero-order valence-electron chi connectivity index (χ0n) is 14.3. The smallest absolute Gasteiger partial charge is 0.167 e. The normalized spacial score (nSPS) is 23.8. The van der Waals surface area contributed by atoms with Crippen molar-refractivity contribution in [2.24, 2.45) is 11.1 Å². The van der Waals surface area contributed by atoms with Crippen LogP contribution in [0.5, 0.6) is 0 Å². The number of benzene rings is 1. The topological polar surface area (TPSA) is 55.3 Å². The SMILES string of the molecule is NCC1(C2CCCCN2Cc2cc(-c3ccccc3)on2)CCC1. The fourth-order valence-electron chi connectivity index (χ4n) is 4.51. The van der Waals surface area contributed by atoms with Gasteiger partial charge in [0.1, 0.15) is 0 Å². The largest absolute Gasteiger partial charge is 0.356 e. The van der Waals surface area contributed by atoms with Gasteiger partial charge >= 0.3 is 0 Å². The average molecular weight is 325 g/mol. The highest BCUT2D eigenvalue weighted by molar-refractivity contribution is 5.56. The van der Waals surface area contributed by atoms with E-state index in [0.29, 0.717) is 11.5 Å². The second-order valence-electron chi connectivity index (χ2n) is 7.45. The van der Waals surface area contributed by atoms with Gasteiger partial charge in [-0.15, -0.1) is 0 Å². The van der Waals surface area contributed by atoms with Crippen molar-refractivity contribution < 1.29 is 4.52 Å². The highest BCUT2D eigenvalue weighted by atomic mass is 16.5. The third-order valence-corrected chi connectivity index (χ3v) is 6.06. The maximum atomic E-state index is 6.17. The first-order chi connectivity index (χ1) is 11.8. The molecule has 0 radical (unpaired) electrons. The van der Waals surface area contributed by atoms with Gasteiger partial charge < -0.3 is 10.3 Å². The number of nitrogens with two attached hydrogens (primary N) is 1. The van der Waals surface area contributed by atoms with Gasteiger partial charge in [-0.05, 0) is 44.2 Å². The molecule has 0 spiro atoms. The minimum Gasteiger partial charge on any atom is -0.356 e. The Labute approximate surface area is 144 Å². The molecule has 2 aromatic rings. The maximum absolute atomic E-state index is 6.17. The number of rotatable bonds is 5. The molecule has 1 aliphatic heterocycles. The second-order valence-corrected chi connectivity index (χ2v) is 7.45. The minimum absolute atomic E-state index is 0.354. The molecule has 1 saturated carbocycles. The number of hydrogen-bond acceptors (Lipinski definition) is 4. The van der Waals surface area contributed by atoms with Crippen LogP contribution in [-0.4, -0.2) is 29.2 Å². The molecule has 2 heterocycles. The monoisotopic (exact) mass is 325 g/mol. The zero-order chi connectivity index (χ0) is 16.4. The lowest BCUT2D eigenvalue weighted by Crippen LogP contribution is -2.56. The number of nitrogens with zero attached hydrogens (tertiary/aromatic N) is 2. The van der Waals surface area contributed by atoms with E-state index in [1.54, 1.807) is 0 Å².